The summed E-state index contributed by atoms with van der Waals surface area (Å²) in [5, 5.41) is 0. The first kappa shape index (κ1) is 18.7. The Bertz CT molecular complexity index is 928. The van der Waals surface area contributed by atoms with Crippen molar-refractivity contribution in [3.05, 3.63) is 119 Å². The molecule has 0 N–H and O–H groups in total. The molecule has 3 aromatic rings. The van der Waals surface area contributed by atoms with Gasteiger partial charge in [-0.15, -0.1) is 0 Å². The van der Waals surface area contributed by atoms with Crippen LogP contribution in [-0.4, -0.2) is 38.4 Å². The molecule has 0 heterocycles. The van der Waals surface area contributed by atoms with E-state index >= 15 is 0 Å². The summed E-state index contributed by atoms with van der Waals surface area (Å²) in [4.78, 5) is 0. The van der Waals surface area contributed by atoms with Crippen molar-refractivity contribution in [3.8, 4) is 0 Å². The molecule has 0 saturated heterocycles. The Morgan fingerprint density at radius 1 is 0.593 bits per heavy atom. The molecule has 5 rings (SSSR count). The fourth-order valence-electron chi connectivity index (χ4n) is 4.39. The molecular formula is C25H21NaSi. The van der Waals surface area contributed by atoms with Crippen LogP contribution in [0.15, 0.2) is 91.0 Å². The van der Waals surface area contributed by atoms with Crippen molar-refractivity contribution in [2.45, 2.75) is 17.1 Å². The molecule has 0 spiro atoms. The Kier molecular flexibility index (Phi) is 5.65. The third-order valence-corrected chi connectivity index (χ3v) is 9.07. The van der Waals surface area contributed by atoms with Crippen LogP contribution in [0, 0.1) is 0 Å². The van der Waals surface area contributed by atoms with Gasteiger partial charge in [0, 0.05) is 29.6 Å². The van der Waals surface area contributed by atoms with Gasteiger partial charge in [0.15, 0.2) is 0 Å². The summed E-state index contributed by atoms with van der Waals surface area (Å²) >= 11 is 0. The second-order valence-electron chi connectivity index (χ2n) is 7.17. The summed E-state index contributed by atoms with van der Waals surface area (Å²) in [6.07, 6.45) is 9.60. The molecule has 2 heteroatoms. The molecule has 27 heavy (non-hydrogen) atoms. The Labute approximate surface area is 185 Å². The summed E-state index contributed by atoms with van der Waals surface area (Å²) < 4.78 is 0. The molecule has 0 aliphatic heterocycles. The Morgan fingerprint density at radius 2 is 1.07 bits per heavy atom. The molecule has 0 amide bonds. The predicted molar refractivity (Wildman–Crippen MR) is 118 cm³/mol. The quantitative estimate of drug-likeness (QED) is 0.524. The molecule has 2 atom stereocenters. The zero-order chi connectivity index (χ0) is 17.3. The molecule has 2 unspecified atom stereocenters. The standard InChI is InChI=1S/C25H21Si.Na/c1-2-8-19(9-3-1)18-26(24-16-14-20-10-4-6-12-22(20)24)25-17-15-21-11-5-7-13-23(21)25;/h1-17,24-25H,18H2;. The first-order valence-corrected chi connectivity index (χ1v) is 11.2. The van der Waals surface area contributed by atoms with Crippen LogP contribution in [0.2, 0.25) is 0 Å². The Balaban J connectivity index is 0.00000180. The fourth-order valence-corrected chi connectivity index (χ4v) is 7.94. The van der Waals surface area contributed by atoms with Gasteiger partial charge in [0.1, 0.15) is 0 Å². The SMILES string of the molecule is C1=CC([Si](Cc2ccccc2)C2C=Cc3ccccc32)c2ccccc21.[Na]. The molecule has 0 nitrogen and oxygen atoms in total. The minimum atomic E-state index is -0.750. The summed E-state index contributed by atoms with van der Waals surface area (Å²) in [7, 11) is -0.750. The van der Waals surface area contributed by atoms with Gasteiger partial charge >= 0.3 is 0 Å². The van der Waals surface area contributed by atoms with Crippen LogP contribution in [0.5, 0.6) is 0 Å². The third kappa shape index (κ3) is 3.57. The maximum absolute atomic E-state index is 2.47. The van der Waals surface area contributed by atoms with Crippen molar-refractivity contribution in [2.75, 3.05) is 0 Å². The first-order valence-electron chi connectivity index (χ1n) is 9.34. The average molecular weight is 373 g/mol. The number of rotatable bonds is 4. The van der Waals surface area contributed by atoms with E-state index in [1.165, 1.54) is 33.9 Å². The van der Waals surface area contributed by atoms with Crippen molar-refractivity contribution < 1.29 is 0 Å². The average Bonchev–Trinajstić information content (AvgIpc) is 3.32. The van der Waals surface area contributed by atoms with Crippen molar-refractivity contribution >= 4 is 50.5 Å². The summed E-state index contributed by atoms with van der Waals surface area (Å²) in [5.74, 6) is 0. The molecule has 3 aromatic carbocycles. The zero-order valence-electron chi connectivity index (χ0n) is 15.7. The Morgan fingerprint density at radius 3 is 1.63 bits per heavy atom. The number of allylic oxidation sites excluding steroid dienone is 2. The zero-order valence-corrected chi connectivity index (χ0v) is 18.7. The van der Waals surface area contributed by atoms with E-state index in [4.69, 9.17) is 0 Å². The largest absolute Gasteiger partial charge is 0.0793 e. The van der Waals surface area contributed by atoms with Gasteiger partial charge in [-0.1, -0.05) is 109 Å². The summed E-state index contributed by atoms with van der Waals surface area (Å²) in [6.45, 7) is 0. The third-order valence-electron chi connectivity index (χ3n) is 5.65. The van der Waals surface area contributed by atoms with Crippen LogP contribution in [0.3, 0.4) is 0 Å². The molecule has 126 valence electrons. The minimum absolute atomic E-state index is 0. The second kappa shape index (κ2) is 8.16. The van der Waals surface area contributed by atoms with Crippen molar-refractivity contribution in [3.63, 3.8) is 0 Å². The fraction of sp³-hybridized carbons (Fsp3) is 0.120. The minimum Gasteiger partial charge on any atom is -0.0793 e. The Hall–Kier alpha value is -1.64. The van der Waals surface area contributed by atoms with Crippen LogP contribution >= 0.6 is 0 Å². The van der Waals surface area contributed by atoms with Gasteiger partial charge in [0.25, 0.3) is 0 Å². The monoisotopic (exact) mass is 372 g/mol. The van der Waals surface area contributed by atoms with E-state index in [-0.39, 0.29) is 29.6 Å². The molecule has 0 bridgehead atoms. The molecule has 2 radical (unpaired) electrons. The van der Waals surface area contributed by atoms with Crippen LogP contribution < -0.4 is 0 Å². The van der Waals surface area contributed by atoms with E-state index in [0.29, 0.717) is 11.1 Å². The first-order chi connectivity index (χ1) is 12.9. The van der Waals surface area contributed by atoms with Gasteiger partial charge in [-0.3, -0.25) is 0 Å². The van der Waals surface area contributed by atoms with Gasteiger partial charge in [0.2, 0.25) is 0 Å². The van der Waals surface area contributed by atoms with E-state index in [1.807, 2.05) is 0 Å². The second-order valence-corrected chi connectivity index (χ2v) is 9.92. The molecule has 0 saturated carbocycles. The number of benzene rings is 3. The summed E-state index contributed by atoms with van der Waals surface area (Å²) in [5.41, 5.74) is 8.46. The van der Waals surface area contributed by atoms with Gasteiger partial charge in [-0.25, -0.2) is 0 Å². The van der Waals surface area contributed by atoms with Crippen molar-refractivity contribution in [2.24, 2.45) is 0 Å². The molecule has 2 aliphatic rings. The van der Waals surface area contributed by atoms with E-state index in [1.54, 1.807) is 0 Å². The smallest absolute Gasteiger partial charge is 0.0787 e. The molecule has 0 fully saturated rings. The van der Waals surface area contributed by atoms with Crippen molar-refractivity contribution in [1.29, 1.82) is 0 Å². The number of hydrogen-bond donors (Lipinski definition) is 0. The van der Waals surface area contributed by atoms with Gasteiger partial charge in [-0.05, 0) is 39.4 Å². The molecular weight excluding hydrogens is 351 g/mol. The molecule has 2 aliphatic carbocycles. The maximum Gasteiger partial charge on any atom is 0.0787 e. The van der Waals surface area contributed by atoms with E-state index in [9.17, 15) is 0 Å². The van der Waals surface area contributed by atoms with E-state index in [2.05, 4.69) is 103 Å². The predicted octanol–water partition coefficient (Wildman–Crippen LogP) is 5.58. The van der Waals surface area contributed by atoms with Crippen LogP contribution in [0.25, 0.3) is 12.2 Å². The maximum atomic E-state index is 2.47. The van der Waals surface area contributed by atoms with Crippen LogP contribution in [-0.2, 0) is 6.04 Å². The van der Waals surface area contributed by atoms with Crippen LogP contribution in [0.1, 0.15) is 38.9 Å². The molecule has 0 aromatic heterocycles. The van der Waals surface area contributed by atoms with E-state index in [0.717, 1.165) is 0 Å². The van der Waals surface area contributed by atoms with Gasteiger partial charge in [-0.2, -0.15) is 0 Å². The number of fused-ring (bicyclic) bond motifs is 2. The van der Waals surface area contributed by atoms with Crippen molar-refractivity contribution in [1.82, 2.24) is 0 Å². The van der Waals surface area contributed by atoms with Crippen LogP contribution in [0.4, 0.5) is 0 Å². The summed E-state index contributed by atoms with van der Waals surface area (Å²) in [6, 6.07) is 30.1. The van der Waals surface area contributed by atoms with Gasteiger partial charge < -0.3 is 0 Å². The van der Waals surface area contributed by atoms with E-state index < -0.39 is 8.80 Å². The number of hydrogen-bond acceptors (Lipinski definition) is 0. The topological polar surface area (TPSA) is 0 Å². The normalized spacial score (nSPS) is 19.0. The van der Waals surface area contributed by atoms with Gasteiger partial charge in [0.05, 0.1) is 8.80 Å².